The molecule has 4 heteroatoms. The number of benzene rings is 6. The van der Waals surface area contributed by atoms with Crippen LogP contribution in [0.2, 0.25) is 0 Å². The molecule has 232 valence electrons. The maximum Gasteiger partial charge on any atom is 0.235 e. The van der Waals surface area contributed by atoms with Crippen molar-refractivity contribution in [3.63, 3.8) is 0 Å². The summed E-state index contributed by atoms with van der Waals surface area (Å²) >= 11 is 0. The van der Waals surface area contributed by atoms with Crippen LogP contribution in [0.1, 0.15) is 13.8 Å². The van der Waals surface area contributed by atoms with E-state index in [1.54, 1.807) is 0 Å². The third-order valence-corrected chi connectivity index (χ3v) is 9.96. The molecule has 6 aromatic carbocycles. The van der Waals surface area contributed by atoms with Crippen LogP contribution in [0.3, 0.4) is 0 Å². The van der Waals surface area contributed by atoms with Crippen molar-refractivity contribution in [2.45, 2.75) is 13.8 Å². The molecule has 0 unspecified atom stereocenters. The van der Waals surface area contributed by atoms with Gasteiger partial charge in [0, 0.05) is 44.2 Å². The molecular formula is C45H32N4. The van der Waals surface area contributed by atoms with Gasteiger partial charge in [-0.25, -0.2) is 9.97 Å². The molecule has 0 saturated heterocycles. The quantitative estimate of drug-likeness (QED) is 0.195. The fourth-order valence-corrected chi connectivity index (χ4v) is 7.82. The zero-order valence-electron chi connectivity index (χ0n) is 27.3. The zero-order chi connectivity index (χ0) is 32.7. The lowest BCUT2D eigenvalue weighted by molar-refractivity contribution is 0.723. The number of fused-ring (bicyclic) bond motifs is 7. The van der Waals surface area contributed by atoms with Crippen LogP contribution in [-0.4, -0.2) is 19.1 Å². The number of hydrogen-bond donors (Lipinski definition) is 0. The lowest BCUT2D eigenvalue weighted by atomic mass is 9.95. The third kappa shape index (κ3) is 4.31. The Balaban J connectivity index is 1.26. The van der Waals surface area contributed by atoms with Crippen molar-refractivity contribution in [1.82, 2.24) is 19.1 Å². The summed E-state index contributed by atoms with van der Waals surface area (Å²) in [4.78, 5) is 10.8. The topological polar surface area (TPSA) is 35.6 Å². The molecule has 0 spiro atoms. The number of rotatable bonds is 4. The third-order valence-electron chi connectivity index (χ3n) is 9.96. The van der Waals surface area contributed by atoms with E-state index >= 15 is 0 Å². The molecule has 0 fully saturated rings. The summed E-state index contributed by atoms with van der Waals surface area (Å²) in [6, 6.07) is 49.8. The minimum absolute atomic E-state index is 0.140. The molecule has 9 aromatic rings. The van der Waals surface area contributed by atoms with E-state index in [0.717, 1.165) is 49.4 Å². The molecule has 3 aromatic heterocycles. The Kier molecular flexibility index (Phi) is 5.89. The Morgan fingerprint density at radius 1 is 0.551 bits per heavy atom. The largest absolute Gasteiger partial charge is 0.316 e. The Morgan fingerprint density at radius 2 is 1.31 bits per heavy atom. The molecule has 0 aliphatic heterocycles. The average Bonchev–Trinajstić information content (AvgIpc) is 3.81. The summed E-state index contributed by atoms with van der Waals surface area (Å²) in [7, 11) is 0. The van der Waals surface area contributed by atoms with E-state index in [4.69, 9.17) is 9.97 Å². The second kappa shape index (κ2) is 10.4. The normalized spacial score (nSPS) is 13.6. The molecule has 0 N–H and O–H groups in total. The smallest absolute Gasteiger partial charge is 0.235 e. The SMILES string of the molecule is CC1(C)C=c2nc(-n3c4ccccc4c4ccc5c(ccn5-c5ccccc5)c43)nc(-c3cccc(-c4cccc5ccccc45)c3)c2=C1. The minimum atomic E-state index is -0.140. The summed E-state index contributed by atoms with van der Waals surface area (Å²) in [6.45, 7) is 4.47. The molecular weight excluding hydrogens is 597 g/mol. The van der Waals surface area contributed by atoms with E-state index in [1.807, 2.05) is 0 Å². The van der Waals surface area contributed by atoms with E-state index < -0.39 is 0 Å². The van der Waals surface area contributed by atoms with Gasteiger partial charge in [-0.3, -0.25) is 4.57 Å². The summed E-state index contributed by atoms with van der Waals surface area (Å²) in [5.74, 6) is 0.679. The van der Waals surface area contributed by atoms with E-state index in [1.165, 1.54) is 32.7 Å². The van der Waals surface area contributed by atoms with Crippen LogP contribution >= 0.6 is 0 Å². The van der Waals surface area contributed by atoms with E-state index in [2.05, 4.69) is 181 Å². The molecule has 0 radical (unpaired) electrons. The molecule has 0 saturated carbocycles. The number of nitrogens with zero attached hydrogens (tertiary/aromatic N) is 4. The van der Waals surface area contributed by atoms with Gasteiger partial charge >= 0.3 is 0 Å². The fourth-order valence-electron chi connectivity index (χ4n) is 7.82. The first kappa shape index (κ1) is 27.8. The van der Waals surface area contributed by atoms with Gasteiger partial charge in [0.15, 0.2) is 0 Å². The van der Waals surface area contributed by atoms with Crippen LogP contribution in [0, 0.1) is 5.41 Å². The number of aromatic nitrogens is 4. The van der Waals surface area contributed by atoms with Gasteiger partial charge in [-0.15, -0.1) is 0 Å². The van der Waals surface area contributed by atoms with Crippen molar-refractivity contribution in [2.24, 2.45) is 5.41 Å². The average molecular weight is 629 g/mol. The van der Waals surface area contributed by atoms with Crippen LogP contribution in [0.4, 0.5) is 0 Å². The van der Waals surface area contributed by atoms with Gasteiger partial charge in [0.05, 0.1) is 27.6 Å². The van der Waals surface area contributed by atoms with Gasteiger partial charge < -0.3 is 4.57 Å². The van der Waals surface area contributed by atoms with Crippen LogP contribution < -0.4 is 10.6 Å². The van der Waals surface area contributed by atoms with Crippen LogP contribution in [0.5, 0.6) is 0 Å². The van der Waals surface area contributed by atoms with Crippen molar-refractivity contribution in [3.8, 4) is 34.0 Å². The number of para-hydroxylation sites is 2. The van der Waals surface area contributed by atoms with Gasteiger partial charge in [-0.2, -0.15) is 0 Å². The van der Waals surface area contributed by atoms with Gasteiger partial charge in [-0.1, -0.05) is 123 Å². The Labute approximate surface area is 283 Å². The maximum atomic E-state index is 5.49. The first-order valence-electron chi connectivity index (χ1n) is 16.8. The van der Waals surface area contributed by atoms with Crippen molar-refractivity contribution >= 4 is 55.6 Å². The van der Waals surface area contributed by atoms with Crippen LogP contribution in [0.15, 0.2) is 146 Å². The van der Waals surface area contributed by atoms with Crippen molar-refractivity contribution in [2.75, 3.05) is 0 Å². The summed E-state index contributed by atoms with van der Waals surface area (Å²) in [5, 5.41) is 8.08. The first-order chi connectivity index (χ1) is 24.0. The maximum absolute atomic E-state index is 5.49. The lowest BCUT2D eigenvalue weighted by Gasteiger charge is -2.12. The highest BCUT2D eigenvalue weighted by molar-refractivity contribution is 6.18. The highest BCUT2D eigenvalue weighted by Gasteiger charge is 2.23. The van der Waals surface area contributed by atoms with Crippen molar-refractivity contribution in [1.29, 1.82) is 0 Å². The monoisotopic (exact) mass is 628 g/mol. The predicted octanol–water partition coefficient (Wildman–Crippen LogP) is 9.61. The number of hydrogen-bond acceptors (Lipinski definition) is 2. The van der Waals surface area contributed by atoms with Gasteiger partial charge in [0.25, 0.3) is 0 Å². The Hall–Kier alpha value is -6.26. The molecule has 0 amide bonds. The van der Waals surface area contributed by atoms with Crippen molar-refractivity contribution < 1.29 is 0 Å². The standard InChI is InChI=1S/C45H32N4/c1-45(2)27-38-39(28-45)46-44(47-42(38)31-15-10-14-30(26-31)34-20-11-13-29-12-6-7-18-33(29)34)49-41-21-9-8-19-35(41)36-22-23-40-37(43(36)49)24-25-48(40)32-16-4-3-5-17-32/h3-28H,1-2H3. The van der Waals surface area contributed by atoms with Gasteiger partial charge in [0.2, 0.25) is 5.95 Å². The van der Waals surface area contributed by atoms with E-state index in [-0.39, 0.29) is 5.41 Å². The molecule has 0 bridgehead atoms. The second-order valence-corrected chi connectivity index (χ2v) is 13.7. The highest BCUT2D eigenvalue weighted by Crippen LogP contribution is 2.37. The molecule has 1 aliphatic rings. The lowest BCUT2D eigenvalue weighted by Crippen LogP contribution is -2.30. The molecule has 0 atom stereocenters. The molecule has 49 heavy (non-hydrogen) atoms. The summed E-state index contributed by atoms with van der Waals surface area (Å²) in [6.07, 6.45) is 6.76. The molecule has 10 rings (SSSR count). The van der Waals surface area contributed by atoms with Crippen molar-refractivity contribution in [3.05, 3.63) is 156 Å². The minimum Gasteiger partial charge on any atom is -0.316 e. The van der Waals surface area contributed by atoms with Crippen LogP contribution in [0.25, 0.3) is 89.7 Å². The Morgan fingerprint density at radius 3 is 2.20 bits per heavy atom. The summed E-state index contributed by atoms with van der Waals surface area (Å²) < 4.78 is 4.54. The van der Waals surface area contributed by atoms with E-state index in [0.29, 0.717) is 5.95 Å². The predicted molar refractivity (Wildman–Crippen MR) is 204 cm³/mol. The highest BCUT2D eigenvalue weighted by atomic mass is 15.2. The van der Waals surface area contributed by atoms with Gasteiger partial charge in [-0.05, 0) is 64.4 Å². The molecule has 1 aliphatic carbocycles. The molecule has 3 heterocycles. The Bertz CT molecular complexity index is 2900. The first-order valence-corrected chi connectivity index (χ1v) is 16.8. The van der Waals surface area contributed by atoms with Crippen LogP contribution in [-0.2, 0) is 0 Å². The molecule has 4 nitrogen and oxygen atoms in total. The van der Waals surface area contributed by atoms with Gasteiger partial charge in [0.1, 0.15) is 0 Å². The van der Waals surface area contributed by atoms with E-state index in [9.17, 15) is 0 Å². The fraction of sp³-hybridized carbons (Fsp3) is 0.0667. The second-order valence-electron chi connectivity index (χ2n) is 13.7. The summed E-state index contributed by atoms with van der Waals surface area (Å²) in [5.41, 5.74) is 8.76. The zero-order valence-corrected chi connectivity index (χ0v) is 27.3.